The number of aromatic nitrogens is 1. The van der Waals surface area contributed by atoms with Crippen LogP contribution in [0, 0.1) is 6.92 Å². The van der Waals surface area contributed by atoms with Crippen molar-refractivity contribution < 1.29 is 18.7 Å². The molecule has 4 amide bonds. The number of carbonyl (C=O) groups excluding carboxylic acids is 2. The summed E-state index contributed by atoms with van der Waals surface area (Å²) < 4.78 is 10.7. The molecule has 0 fully saturated rings. The molecule has 184 valence electrons. The Labute approximate surface area is 208 Å². The van der Waals surface area contributed by atoms with Crippen molar-refractivity contribution in [2.24, 2.45) is 0 Å². The maximum absolute atomic E-state index is 12.4. The topological polar surface area (TPSA) is 118 Å². The SMILES string of the molecule is COc1ccc(-c2nc(CCNC(=O)Nc3cc(NC(=O)Nc4ccccc4)ccc3C)co2)cc1. The van der Waals surface area contributed by atoms with Crippen molar-refractivity contribution in [3.05, 3.63) is 90.3 Å². The molecule has 36 heavy (non-hydrogen) atoms. The van der Waals surface area contributed by atoms with E-state index < -0.39 is 0 Å². The molecule has 9 nitrogen and oxygen atoms in total. The quantitative estimate of drug-likeness (QED) is 0.257. The van der Waals surface area contributed by atoms with Crippen LogP contribution in [-0.4, -0.2) is 30.7 Å². The molecule has 1 heterocycles. The number of nitrogens with zero attached hydrogens (tertiary/aromatic N) is 1. The molecule has 0 spiro atoms. The first kappa shape index (κ1) is 24.3. The summed E-state index contributed by atoms with van der Waals surface area (Å²) in [6, 6.07) is 21.1. The van der Waals surface area contributed by atoms with E-state index in [-0.39, 0.29) is 12.1 Å². The lowest BCUT2D eigenvalue weighted by Crippen LogP contribution is -2.30. The fourth-order valence-electron chi connectivity index (χ4n) is 3.41. The Hall–Kier alpha value is -4.79. The molecule has 0 atom stereocenters. The van der Waals surface area contributed by atoms with Crippen molar-refractivity contribution in [2.45, 2.75) is 13.3 Å². The largest absolute Gasteiger partial charge is 0.497 e. The number of oxazole rings is 1. The predicted octanol–water partition coefficient (Wildman–Crippen LogP) is 5.67. The molecule has 0 bridgehead atoms. The van der Waals surface area contributed by atoms with E-state index in [9.17, 15) is 9.59 Å². The van der Waals surface area contributed by atoms with Crippen molar-refractivity contribution in [2.75, 3.05) is 29.6 Å². The average Bonchev–Trinajstić information content (AvgIpc) is 3.35. The Bertz CT molecular complexity index is 1320. The average molecular weight is 486 g/mol. The van der Waals surface area contributed by atoms with Gasteiger partial charge in [0.2, 0.25) is 5.89 Å². The maximum Gasteiger partial charge on any atom is 0.323 e. The van der Waals surface area contributed by atoms with Crippen LogP contribution in [0.5, 0.6) is 5.75 Å². The summed E-state index contributed by atoms with van der Waals surface area (Å²) in [5.74, 6) is 1.26. The van der Waals surface area contributed by atoms with E-state index in [1.165, 1.54) is 0 Å². The second kappa shape index (κ2) is 11.6. The highest BCUT2D eigenvalue weighted by Gasteiger charge is 2.10. The first-order valence-corrected chi connectivity index (χ1v) is 11.4. The van der Waals surface area contributed by atoms with Crippen LogP contribution in [0.3, 0.4) is 0 Å². The molecule has 1 aromatic heterocycles. The molecule has 0 radical (unpaired) electrons. The fourth-order valence-corrected chi connectivity index (χ4v) is 3.41. The summed E-state index contributed by atoms with van der Waals surface area (Å²) in [7, 11) is 1.61. The van der Waals surface area contributed by atoms with Gasteiger partial charge < -0.3 is 30.4 Å². The van der Waals surface area contributed by atoms with E-state index in [2.05, 4.69) is 26.3 Å². The van der Waals surface area contributed by atoms with Crippen LogP contribution < -0.4 is 26.0 Å². The lowest BCUT2D eigenvalue weighted by Gasteiger charge is -2.13. The first-order valence-electron chi connectivity index (χ1n) is 11.4. The second-order valence-corrected chi connectivity index (χ2v) is 7.98. The van der Waals surface area contributed by atoms with Crippen LogP contribution in [0.1, 0.15) is 11.3 Å². The van der Waals surface area contributed by atoms with E-state index in [1.807, 2.05) is 55.5 Å². The van der Waals surface area contributed by atoms with Crippen LogP contribution >= 0.6 is 0 Å². The Morgan fingerprint density at radius 3 is 2.39 bits per heavy atom. The summed E-state index contributed by atoms with van der Waals surface area (Å²) in [5.41, 5.74) is 4.26. The van der Waals surface area contributed by atoms with Crippen LogP contribution in [0.25, 0.3) is 11.5 Å². The first-order chi connectivity index (χ1) is 17.5. The van der Waals surface area contributed by atoms with Gasteiger partial charge in [-0.2, -0.15) is 0 Å². The summed E-state index contributed by atoms with van der Waals surface area (Å²) in [6.07, 6.45) is 2.09. The van der Waals surface area contributed by atoms with Gasteiger partial charge in [0.1, 0.15) is 12.0 Å². The highest BCUT2D eigenvalue weighted by molar-refractivity contribution is 6.00. The number of anilines is 3. The number of amides is 4. The van der Waals surface area contributed by atoms with Crippen LogP contribution in [-0.2, 0) is 6.42 Å². The molecule has 0 saturated heterocycles. The van der Waals surface area contributed by atoms with Gasteiger partial charge in [-0.3, -0.25) is 0 Å². The number of ether oxygens (including phenoxy) is 1. The summed E-state index contributed by atoms with van der Waals surface area (Å²) in [4.78, 5) is 29.2. The van der Waals surface area contributed by atoms with Gasteiger partial charge in [0.25, 0.3) is 0 Å². The summed E-state index contributed by atoms with van der Waals surface area (Å²) >= 11 is 0. The minimum atomic E-state index is -0.373. The number of rotatable bonds is 8. The predicted molar refractivity (Wildman–Crippen MR) is 139 cm³/mol. The van der Waals surface area contributed by atoms with Gasteiger partial charge in [-0.25, -0.2) is 14.6 Å². The molecule has 0 aliphatic rings. The second-order valence-electron chi connectivity index (χ2n) is 7.98. The van der Waals surface area contributed by atoms with E-state index in [0.29, 0.717) is 35.9 Å². The molecule has 4 N–H and O–H groups in total. The molecule has 9 heteroatoms. The zero-order valence-corrected chi connectivity index (χ0v) is 20.0. The van der Waals surface area contributed by atoms with Gasteiger partial charge in [-0.15, -0.1) is 0 Å². The lowest BCUT2D eigenvalue weighted by atomic mass is 10.2. The Balaban J connectivity index is 1.26. The third-order valence-corrected chi connectivity index (χ3v) is 5.33. The van der Waals surface area contributed by atoms with Gasteiger partial charge in [-0.1, -0.05) is 24.3 Å². The fraction of sp³-hybridized carbons (Fsp3) is 0.148. The van der Waals surface area contributed by atoms with Crippen molar-refractivity contribution in [1.82, 2.24) is 10.3 Å². The van der Waals surface area contributed by atoms with Crippen molar-refractivity contribution in [3.8, 4) is 17.2 Å². The van der Waals surface area contributed by atoms with E-state index >= 15 is 0 Å². The molecule has 4 rings (SSSR count). The lowest BCUT2D eigenvalue weighted by molar-refractivity contribution is 0.252. The van der Waals surface area contributed by atoms with Crippen molar-refractivity contribution in [3.63, 3.8) is 0 Å². The number of hydrogen-bond acceptors (Lipinski definition) is 5. The Morgan fingerprint density at radius 1 is 0.889 bits per heavy atom. The standard InChI is InChI=1S/C27H27N5O4/c1-18-8-11-21(31-27(34)30-20-6-4-3-5-7-20)16-24(18)32-26(33)28-15-14-22-17-36-25(29-22)19-9-12-23(35-2)13-10-19/h3-13,16-17H,14-15H2,1-2H3,(H2,28,32,33)(H2,30,31,34). The number of hydrogen-bond donors (Lipinski definition) is 4. The van der Waals surface area contributed by atoms with Gasteiger partial charge in [0.05, 0.1) is 12.8 Å². The molecule has 4 aromatic rings. The molecule has 0 saturated carbocycles. The number of aryl methyl sites for hydroxylation is 1. The third kappa shape index (κ3) is 6.63. The molecule has 0 aliphatic carbocycles. The number of benzene rings is 3. The smallest absolute Gasteiger partial charge is 0.323 e. The zero-order valence-electron chi connectivity index (χ0n) is 20.0. The minimum Gasteiger partial charge on any atom is -0.497 e. The van der Waals surface area contributed by atoms with E-state index in [0.717, 1.165) is 22.6 Å². The number of methoxy groups -OCH3 is 1. The van der Waals surface area contributed by atoms with Crippen LogP contribution in [0.15, 0.2) is 83.5 Å². The van der Waals surface area contributed by atoms with Gasteiger partial charge in [0.15, 0.2) is 0 Å². The Morgan fingerprint density at radius 2 is 1.64 bits per heavy atom. The van der Waals surface area contributed by atoms with Crippen molar-refractivity contribution in [1.29, 1.82) is 0 Å². The number of urea groups is 2. The highest BCUT2D eigenvalue weighted by atomic mass is 16.5. The zero-order chi connectivity index (χ0) is 25.3. The van der Waals surface area contributed by atoms with E-state index in [1.54, 1.807) is 37.6 Å². The van der Waals surface area contributed by atoms with Gasteiger partial charge in [0, 0.05) is 35.6 Å². The maximum atomic E-state index is 12.4. The van der Waals surface area contributed by atoms with Gasteiger partial charge >= 0.3 is 12.1 Å². The molecular weight excluding hydrogens is 458 g/mol. The third-order valence-electron chi connectivity index (χ3n) is 5.33. The van der Waals surface area contributed by atoms with Crippen molar-refractivity contribution >= 4 is 29.1 Å². The highest BCUT2D eigenvalue weighted by Crippen LogP contribution is 2.22. The normalized spacial score (nSPS) is 10.4. The number of carbonyl (C=O) groups is 2. The number of para-hydroxylation sites is 1. The molecule has 0 unspecified atom stereocenters. The van der Waals surface area contributed by atoms with E-state index in [4.69, 9.17) is 9.15 Å². The van der Waals surface area contributed by atoms with Crippen LogP contribution in [0.4, 0.5) is 26.7 Å². The molecule has 3 aromatic carbocycles. The molecular formula is C27H27N5O4. The molecule has 0 aliphatic heterocycles. The van der Waals surface area contributed by atoms with Crippen LogP contribution in [0.2, 0.25) is 0 Å². The number of nitrogens with one attached hydrogen (secondary N) is 4. The minimum absolute atomic E-state index is 0.358. The summed E-state index contributed by atoms with van der Waals surface area (Å²) in [6.45, 7) is 2.25. The Kier molecular flexibility index (Phi) is 7.82. The van der Waals surface area contributed by atoms with Gasteiger partial charge in [-0.05, 0) is 61.0 Å². The monoisotopic (exact) mass is 485 g/mol. The summed E-state index contributed by atoms with van der Waals surface area (Å²) in [5, 5.41) is 11.2.